The highest BCUT2D eigenvalue weighted by Crippen LogP contribution is 2.53. The number of carbonyl (C=O) groups is 1. The number of Topliss-reactive ketones (excluding diaryl/α,β-unsaturated/α-hetero) is 1. The maximum atomic E-state index is 13.5. The van der Waals surface area contributed by atoms with Crippen molar-refractivity contribution in [2.24, 2.45) is 0 Å². The quantitative estimate of drug-likeness (QED) is 0.200. The molecule has 2 aromatic carbocycles. The van der Waals surface area contributed by atoms with Crippen LogP contribution in [0.2, 0.25) is 0 Å². The zero-order chi connectivity index (χ0) is 25.6. The third-order valence-electron chi connectivity index (χ3n) is 5.15. The fraction of sp³-hybridized carbons (Fsp3) is 0.261. The summed E-state index contributed by atoms with van der Waals surface area (Å²) >= 11 is 0. The number of hydrogen-bond donors (Lipinski definition) is 0. The highest BCUT2D eigenvalue weighted by molar-refractivity contribution is 7.51. The Kier molecular flexibility index (Phi) is 8.42. The first-order valence-electron chi connectivity index (χ1n) is 10.8. The lowest BCUT2D eigenvalue weighted by atomic mass is 9.95. The Hall–Kier alpha value is -3.50. The third kappa shape index (κ3) is 5.95. The van der Waals surface area contributed by atoms with Crippen LogP contribution >= 0.6 is 7.75 Å². The average molecular weight is 501 g/mol. The van der Waals surface area contributed by atoms with E-state index < -0.39 is 23.4 Å². The molecule has 0 N–H and O–H groups in total. The van der Waals surface area contributed by atoms with Gasteiger partial charge in [0.15, 0.2) is 5.78 Å². The number of para-hydroxylation sites is 2. The molecule has 1 fully saturated rings. The van der Waals surface area contributed by atoms with Gasteiger partial charge in [0.1, 0.15) is 0 Å². The molecule has 0 amide bonds. The number of rotatable bonds is 9. The van der Waals surface area contributed by atoms with Crippen LogP contribution in [0.4, 0.5) is 11.4 Å². The minimum absolute atomic E-state index is 0.0775. The summed E-state index contributed by atoms with van der Waals surface area (Å²) in [6.07, 6.45) is 2.73. The van der Waals surface area contributed by atoms with Crippen molar-refractivity contribution >= 4 is 37.1 Å². The van der Waals surface area contributed by atoms with Crippen LogP contribution in [0.5, 0.6) is 0 Å². The Morgan fingerprint density at radius 1 is 0.857 bits per heavy atom. The average Bonchev–Trinajstić information content (AvgIpc) is 2.82. The van der Waals surface area contributed by atoms with E-state index in [9.17, 15) is 29.6 Å². The van der Waals surface area contributed by atoms with Crippen molar-refractivity contribution in [1.82, 2.24) is 4.67 Å². The largest absolute Gasteiger partial charge is 0.408 e. The Bertz CT molecular complexity index is 1170. The Morgan fingerprint density at radius 3 is 1.63 bits per heavy atom. The van der Waals surface area contributed by atoms with Crippen molar-refractivity contribution in [3.05, 3.63) is 91.0 Å². The van der Waals surface area contributed by atoms with Gasteiger partial charge in [0.2, 0.25) is 0 Å². The van der Waals surface area contributed by atoms with Crippen molar-refractivity contribution in [3.8, 4) is 0 Å². The molecule has 35 heavy (non-hydrogen) atoms. The number of nitrogens with zero attached hydrogens (tertiary/aromatic N) is 3. The Morgan fingerprint density at radius 2 is 1.26 bits per heavy atom. The van der Waals surface area contributed by atoms with Crippen molar-refractivity contribution in [2.75, 3.05) is 26.3 Å². The minimum atomic E-state index is -3.84. The predicted molar refractivity (Wildman–Crippen MR) is 130 cm³/mol. The van der Waals surface area contributed by atoms with Crippen LogP contribution in [0.15, 0.2) is 59.7 Å². The molecule has 184 valence electrons. The zero-order valence-electron chi connectivity index (χ0n) is 19.2. The summed E-state index contributed by atoms with van der Waals surface area (Å²) in [6, 6.07) is 11.8. The lowest BCUT2D eigenvalue weighted by Gasteiger charge is -2.34. The fourth-order valence-electron chi connectivity index (χ4n) is 3.65. The van der Waals surface area contributed by atoms with Crippen LogP contribution in [-0.4, -0.2) is 46.6 Å². The highest BCUT2D eigenvalue weighted by Gasteiger charge is 2.39. The van der Waals surface area contributed by atoms with E-state index in [1.807, 2.05) is 0 Å². The second-order valence-electron chi connectivity index (χ2n) is 7.43. The van der Waals surface area contributed by atoms with Gasteiger partial charge >= 0.3 is 7.75 Å². The van der Waals surface area contributed by atoms with Crippen LogP contribution in [0, 0.1) is 20.2 Å². The van der Waals surface area contributed by atoms with Gasteiger partial charge in [-0.15, -0.1) is 0 Å². The summed E-state index contributed by atoms with van der Waals surface area (Å²) in [7, 11) is -3.84. The molecule has 0 unspecified atom stereocenters. The van der Waals surface area contributed by atoms with E-state index in [2.05, 4.69) is 0 Å². The molecule has 0 bridgehead atoms. The molecule has 1 heterocycles. The van der Waals surface area contributed by atoms with Gasteiger partial charge in [0, 0.05) is 36.4 Å². The normalized spacial score (nSPS) is 17.1. The molecule has 0 spiro atoms. The second-order valence-corrected chi connectivity index (χ2v) is 9.45. The molecule has 1 aliphatic rings. The van der Waals surface area contributed by atoms with Gasteiger partial charge in [0.25, 0.3) is 11.4 Å². The van der Waals surface area contributed by atoms with Gasteiger partial charge in [-0.25, -0.2) is 4.57 Å². The van der Waals surface area contributed by atoms with Crippen LogP contribution in [0.25, 0.3) is 12.2 Å². The molecule has 0 atom stereocenters. The first-order valence-corrected chi connectivity index (χ1v) is 12.3. The fourth-order valence-corrected chi connectivity index (χ4v) is 5.35. The van der Waals surface area contributed by atoms with E-state index in [0.717, 1.165) is 0 Å². The van der Waals surface area contributed by atoms with Crippen molar-refractivity contribution in [1.29, 1.82) is 0 Å². The number of nitro benzene ring substituents is 2. The second kappa shape index (κ2) is 11.3. The Balaban J connectivity index is 2.16. The van der Waals surface area contributed by atoms with Crippen LogP contribution < -0.4 is 0 Å². The monoisotopic (exact) mass is 501 g/mol. The van der Waals surface area contributed by atoms with Crippen LogP contribution in [-0.2, 0) is 18.4 Å². The van der Waals surface area contributed by atoms with Gasteiger partial charge < -0.3 is 0 Å². The Labute approximate surface area is 201 Å². The molecule has 2 aromatic rings. The SMILES string of the molecule is CCOP(=O)(OCC)N1C/C(=C\c2ccccc2[N+](=O)[O-])C(=O)/C(=C/c2ccccc2[N+](=O)[O-])C1. The van der Waals surface area contributed by atoms with E-state index >= 15 is 0 Å². The molecular weight excluding hydrogens is 477 g/mol. The standard InChI is InChI=1S/C23H24N3O8P/c1-3-33-35(32,34-4-2)24-15-19(13-17-9-5-7-11-21(17)25(28)29)23(27)20(16-24)14-18-10-6-8-12-22(18)26(30)31/h5-14H,3-4,15-16H2,1-2H3/b19-13+,20-14+. The number of ketones is 1. The summed E-state index contributed by atoms with van der Waals surface area (Å²) in [4.78, 5) is 35.2. The van der Waals surface area contributed by atoms with Gasteiger partial charge in [-0.1, -0.05) is 24.3 Å². The van der Waals surface area contributed by atoms with Crippen molar-refractivity contribution < 1.29 is 28.3 Å². The molecule has 11 nitrogen and oxygen atoms in total. The van der Waals surface area contributed by atoms with Crippen molar-refractivity contribution in [2.45, 2.75) is 13.8 Å². The number of benzene rings is 2. The molecule has 0 radical (unpaired) electrons. The summed E-state index contributed by atoms with van der Waals surface area (Å²) in [6.45, 7) is 3.14. The molecule has 0 aliphatic carbocycles. The molecule has 0 aromatic heterocycles. The van der Waals surface area contributed by atoms with E-state index in [4.69, 9.17) is 9.05 Å². The highest BCUT2D eigenvalue weighted by atomic mass is 31.2. The smallest absolute Gasteiger partial charge is 0.297 e. The van der Waals surface area contributed by atoms with Gasteiger partial charge in [-0.05, 0) is 38.1 Å². The minimum Gasteiger partial charge on any atom is -0.297 e. The maximum absolute atomic E-state index is 13.5. The topological polar surface area (TPSA) is 142 Å². The van der Waals surface area contributed by atoms with E-state index in [1.165, 1.54) is 53.2 Å². The van der Waals surface area contributed by atoms with E-state index in [1.54, 1.807) is 26.0 Å². The molecular formula is C23H24N3O8P. The predicted octanol–water partition coefficient (Wildman–Crippen LogP) is 5.04. The first kappa shape index (κ1) is 26.1. The number of hydrogen-bond acceptors (Lipinski definition) is 8. The lowest BCUT2D eigenvalue weighted by molar-refractivity contribution is -0.385. The van der Waals surface area contributed by atoms with Gasteiger partial charge in [-0.2, -0.15) is 4.67 Å². The number of nitro groups is 2. The van der Waals surface area contributed by atoms with Crippen LogP contribution in [0.1, 0.15) is 25.0 Å². The maximum Gasteiger partial charge on any atom is 0.408 e. The zero-order valence-corrected chi connectivity index (χ0v) is 20.1. The lowest BCUT2D eigenvalue weighted by Crippen LogP contribution is -2.36. The van der Waals surface area contributed by atoms with Gasteiger partial charge in [-0.3, -0.25) is 34.1 Å². The molecule has 1 saturated heterocycles. The van der Waals surface area contributed by atoms with Crippen LogP contribution in [0.3, 0.4) is 0 Å². The molecule has 1 aliphatic heterocycles. The third-order valence-corrected chi connectivity index (χ3v) is 7.29. The number of piperidine rings is 1. The van der Waals surface area contributed by atoms with Gasteiger partial charge in [0.05, 0.1) is 34.2 Å². The number of carbonyl (C=O) groups excluding carboxylic acids is 1. The summed E-state index contributed by atoms with van der Waals surface area (Å²) < 4.78 is 25.8. The summed E-state index contributed by atoms with van der Waals surface area (Å²) in [5, 5.41) is 22.9. The summed E-state index contributed by atoms with van der Waals surface area (Å²) in [5.41, 5.74) is 0.190. The first-order chi connectivity index (χ1) is 16.7. The van der Waals surface area contributed by atoms with E-state index in [0.29, 0.717) is 0 Å². The van der Waals surface area contributed by atoms with E-state index in [-0.39, 0.29) is 60.0 Å². The molecule has 3 rings (SSSR count). The molecule has 12 heteroatoms. The summed E-state index contributed by atoms with van der Waals surface area (Å²) in [5.74, 6) is -0.475. The van der Waals surface area contributed by atoms with Crippen molar-refractivity contribution in [3.63, 3.8) is 0 Å². The molecule has 0 saturated carbocycles.